The van der Waals surface area contributed by atoms with Crippen LogP contribution in [0.4, 0.5) is 0 Å². The average molecular weight is 407 g/mol. The summed E-state index contributed by atoms with van der Waals surface area (Å²) in [5.74, 6) is -1.35. The van der Waals surface area contributed by atoms with E-state index in [1.54, 1.807) is 44.2 Å². The molecule has 0 bridgehead atoms. The number of nitrogens with one attached hydrogen (secondary N) is 2. The molecule has 1 aromatic heterocycles. The van der Waals surface area contributed by atoms with Crippen molar-refractivity contribution in [2.75, 3.05) is 0 Å². The van der Waals surface area contributed by atoms with Crippen LogP contribution < -0.4 is 10.6 Å². The summed E-state index contributed by atoms with van der Waals surface area (Å²) in [5, 5.41) is 5.72. The highest BCUT2D eigenvalue weighted by Crippen LogP contribution is 2.25. The first-order valence-electron chi connectivity index (χ1n) is 8.86. The summed E-state index contributed by atoms with van der Waals surface area (Å²) >= 11 is 6.24. The molecular weight excluding hydrogens is 384 g/mol. The van der Waals surface area contributed by atoms with E-state index in [1.165, 1.54) is 19.3 Å². The van der Waals surface area contributed by atoms with Crippen molar-refractivity contribution in [1.82, 2.24) is 10.6 Å². The maximum Gasteiger partial charge on any atom is 0.308 e. The van der Waals surface area contributed by atoms with Gasteiger partial charge < -0.3 is 19.8 Å². The Morgan fingerprint density at radius 2 is 1.79 bits per heavy atom. The minimum absolute atomic E-state index is 0.0908. The van der Waals surface area contributed by atoms with Gasteiger partial charge in [0.15, 0.2) is 5.76 Å². The van der Waals surface area contributed by atoms with Crippen LogP contribution >= 0.6 is 11.6 Å². The number of halogens is 1. The number of carbonyl (C=O) groups is 3. The first-order valence-corrected chi connectivity index (χ1v) is 9.24. The lowest BCUT2D eigenvalue weighted by molar-refractivity contribution is -0.148. The van der Waals surface area contributed by atoms with Gasteiger partial charge in [0.1, 0.15) is 6.04 Å². The summed E-state index contributed by atoms with van der Waals surface area (Å²) in [6.07, 6.45) is 1.00. The molecule has 0 aliphatic heterocycles. The third-order valence-electron chi connectivity index (χ3n) is 3.82. The van der Waals surface area contributed by atoms with Gasteiger partial charge in [-0.1, -0.05) is 29.8 Å². The van der Waals surface area contributed by atoms with Crippen molar-refractivity contribution in [1.29, 1.82) is 0 Å². The summed E-state index contributed by atoms with van der Waals surface area (Å²) < 4.78 is 10.2. The van der Waals surface area contributed by atoms with Crippen molar-refractivity contribution in [3.05, 3.63) is 59.0 Å². The minimum Gasteiger partial charge on any atom is -0.463 e. The highest BCUT2D eigenvalue weighted by molar-refractivity contribution is 6.31. The van der Waals surface area contributed by atoms with Crippen molar-refractivity contribution < 1.29 is 23.5 Å². The van der Waals surface area contributed by atoms with Crippen molar-refractivity contribution in [3.8, 4) is 0 Å². The first kappa shape index (κ1) is 21.5. The van der Waals surface area contributed by atoms with Crippen LogP contribution in [0.3, 0.4) is 0 Å². The number of hydrogen-bond donors (Lipinski definition) is 2. The molecule has 2 amide bonds. The maximum atomic E-state index is 12.6. The maximum absolute atomic E-state index is 12.6. The summed E-state index contributed by atoms with van der Waals surface area (Å²) in [6, 6.07) is 8.43. The molecule has 0 radical (unpaired) electrons. The van der Waals surface area contributed by atoms with E-state index in [0.29, 0.717) is 10.6 Å². The highest BCUT2D eigenvalue weighted by Gasteiger charge is 2.25. The first-order chi connectivity index (χ1) is 13.3. The molecule has 2 aromatic rings. The van der Waals surface area contributed by atoms with Gasteiger partial charge in [0, 0.05) is 5.02 Å². The van der Waals surface area contributed by atoms with E-state index in [9.17, 15) is 14.4 Å². The van der Waals surface area contributed by atoms with Gasteiger partial charge in [-0.15, -0.1) is 0 Å². The second-order valence-corrected chi connectivity index (χ2v) is 6.91. The molecular formula is C20H23ClN2O5. The second-order valence-electron chi connectivity index (χ2n) is 6.50. The van der Waals surface area contributed by atoms with Crippen LogP contribution in [0, 0.1) is 0 Å². The second kappa shape index (κ2) is 9.94. The molecule has 0 aliphatic rings. The van der Waals surface area contributed by atoms with E-state index in [2.05, 4.69) is 10.6 Å². The van der Waals surface area contributed by atoms with Crippen molar-refractivity contribution in [2.24, 2.45) is 0 Å². The normalized spacial score (nSPS) is 12.9. The zero-order valence-electron chi connectivity index (χ0n) is 15.9. The Bertz CT molecular complexity index is 820. The van der Waals surface area contributed by atoms with E-state index >= 15 is 0 Å². The highest BCUT2D eigenvalue weighted by atomic mass is 35.5. The fourth-order valence-corrected chi connectivity index (χ4v) is 2.78. The molecule has 2 rings (SSSR count). The van der Waals surface area contributed by atoms with Gasteiger partial charge in [-0.2, -0.15) is 0 Å². The van der Waals surface area contributed by atoms with E-state index in [1.807, 2.05) is 0 Å². The zero-order chi connectivity index (χ0) is 20.7. The largest absolute Gasteiger partial charge is 0.463 e. The lowest BCUT2D eigenvalue weighted by Crippen LogP contribution is -2.46. The molecule has 1 aromatic carbocycles. The Balaban J connectivity index is 2.10. The fraction of sp³-hybridized carbons (Fsp3) is 0.350. The third-order valence-corrected chi connectivity index (χ3v) is 4.17. The molecule has 2 N–H and O–H groups in total. The zero-order valence-corrected chi connectivity index (χ0v) is 16.7. The molecule has 1 unspecified atom stereocenters. The quantitative estimate of drug-likeness (QED) is 0.656. The van der Waals surface area contributed by atoms with Crippen LogP contribution in [-0.2, 0) is 14.3 Å². The number of rotatable bonds is 8. The Morgan fingerprint density at radius 1 is 1.07 bits per heavy atom. The van der Waals surface area contributed by atoms with Gasteiger partial charge >= 0.3 is 5.97 Å². The topological polar surface area (TPSA) is 97.6 Å². The Hall–Kier alpha value is -2.80. The lowest BCUT2D eigenvalue weighted by Gasteiger charge is -2.22. The molecule has 1 heterocycles. The molecule has 8 heteroatoms. The minimum atomic E-state index is -0.858. The van der Waals surface area contributed by atoms with Crippen molar-refractivity contribution >= 4 is 29.4 Å². The van der Waals surface area contributed by atoms with Gasteiger partial charge in [-0.05, 0) is 44.5 Å². The van der Waals surface area contributed by atoms with Crippen molar-refractivity contribution in [3.63, 3.8) is 0 Å². The number of amides is 2. The SMILES string of the molecule is CC(C)OC(=O)CC(NC(=O)[C@H](C)NC(=O)c1ccco1)c1ccccc1Cl. The van der Waals surface area contributed by atoms with Gasteiger partial charge in [-0.25, -0.2) is 0 Å². The number of hydrogen-bond acceptors (Lipinski definition) is 5. The van der Waals surface area contributed by atoms with Crippen LogP contribution in [-0.4, -0.2) is 29.9 Å². The number of carbonyl (C=O) groups excluding carboxylic acids is 3. The van der Waals surface area contributed by atoms with Gasteiger partial charge in [0.05, 0.1) is 24.8 Å². The Morgan fingerprint density at radius 3 is 2.39 bits per heavy atom. The molecule has 7 nitrogen and oxygen atoms in total. The molecule has 28 heavy (non-hydrogen) atoms. The summed E-state index contributed by atoms with van der Waals surface area (Å²) in [5.41, 5.74) is 0.586. The van der Waals surface area contributed by atoms with Gasteiger partial charge in [0.2, 0.25) is 5.91 Å². The van der Waals surface area contributed by atoms with Crippen LogP contribution in [0.2, 0.25) is 5.02 Å². The molecule has 0 fully saturated rings. The van der Waals surface area contributed by atoms with E-state index in [0.717, 1.165) is 0 Å². The third kappa shape index (κ3) is 6.13. The fourth-order valence-electron chi connectivity index (χ4n) is 2.51. The monoisotopic (exact) mass is 406 g/mol. The number of furan rings is 1. The van der Waals surface area contributed by atoms with Crippen LogP contribution in [0.1, 0.15) is 49.4 Å². The summed E-state index contributed by atoms with van der Waals surface area (Å²) in [4.78, 5) is 36.8. The molecule has 0 saturated heterocycles. The van der Waals surface area contributed by atoms with Crippen LogP contribution in [0.5, 0.6) is 0 Å². The number of benzene rings is 1. The number of esters is 1. The molecule has 2 atom stereocenters. The number of ether oxygens (including phenoxy) is 1. The van der Waals surface area contributed by atoms with Crippen LogP contribution in [0.15, 0.2) is 47.1 Å². The standard InChI is InChI=1S/C20H23ClN2O5/c1-12(2)28-18(24)11-16(14-7-4-5-8-15(14)21)23-19(25)13(3)22-20(26)17-9-6-10-27-17/h4-10,12-13,16H,11H2,1-3H3,(H,22,26)(H,23,25)/t13-,16?/m0/s1. The smallest absolute Gasteiger partial charge is 0.308 e. The molecule has 150 valence electrons. The van der Waals surface area contributed by atoms with Gasteiger partial charge in [-0.3, -0.25) is 14.4 Å². The van der Waals surface area contributed by atoms with E-state index < -0.39 is 29.9 Å². The molecule has 0 spiro atoms. The predicted molar refractivity (Wildman–Crippen MR) is 104 cm³/mol. The molecule has 0 saturated carbocycles. The van der Waals surface area contributed by atoms with Crippen molar-refractivity contribution in [2.45, 2.75) is 45.4 Å². The van der Waals surface area contributed by atoms with Gasteiger partial charge in [0.25, 0.3) is 5.91 Å². The predicted octanol–water partition coefficient (Wildman–Crippen LogP) is 3.25. The van der Waals surface area contributed by atoms with Crippen LogP contribution in [0.25, 0.3) is 0 Å². The summed E-state index contributed by atoms with van der Waals surface area (Å²) in [6.45, 7) is 5.02. The van der Waals surface area contributed by atoms with E-state index in [-0.39, 0.29) is 18.3 Å². The Kier molecular flexibility index (Phi) is 7.63. The average Bonchev–Trinajstić information content (AvgIpc) is 3.15. The lowest BCUT2D eigenvalue weighted by atomic mass is 10.0. The summed E-state index contributed by atoms with van der Waals surface area (Å²) in [7, 11) is 0. The Labute approximate surface area is 168 Å². The molecule has 0 aliphatic carbocycles. The van der Waals surface area contributed by atoms with E-state index in [4.69, 9.17) is 20.8 Å².